The predicted molar refractivity (Wildman–Crippen MR) is 98.8 cm³/mol. The second-order valence-electron chi connectivity index (χ2n) is 6.25. The SMILES string of the molecule is COC(=O)C(F)(F)c1ccc2c(C)cn(CC3C(Cl)=CC=CC3Cl)c2c1. The van der Waals surface area contributed by atoms with Crippen molar-refractivity contribution in [2.75, 3.05) is 7.11 Å². The zero-order valence-corrected chi connectivity index (χ0v) is 15.7. The zero-order chi connectivity index (χ0) is 19.1. The maximum Gasteiger partial charge on any atom is 0.381 e. The standard InChI is InChI=1S/C19H17Cl2F2NO2/c1-11-9-24(10-14-15(20)4-3-5-16(14)21)17-8-12(6-7-13(11)17)19(22,23)18(25)26-2/h3-9,14-15H,10H2,1-2H3. The highest BCUT2D eigenvalue weighted by Gasteiger charge is 2.42. The Bertz CT molecular complexity index is 918. The number of esters is 1. The molecule has 2 atom stereocenters. The molecule has 0 spiro atoms. The van der Waals surface area contributed by atoms with Gasteiger partial charge >= 0.3 is 11.9 Å². The first-order valence-electron chi connectivity index (χ1n) is 8.00. The Morgan fingerprint density at radius 1 is 1.38 bits per heavy atom. The number of carbonyl (C=O) groups excluding carboxylic acids is 1. The Labute approximate surface area is 159 Å². The average molecular weight is 400 g/mol. The summed E-state index contributed by atoms with van der Waals surface area (Å²) in [6.07, 6.45) is 7.29. The normalized spacial score (nSPS) is 20.3. The van der Waals surface area contributed by atoms with Crippen LogP contribution in [-0.2, 0) is 22.0 Å². The van der Waals surface area contributed by atoms with Crippen LogP contribution in [0.3, 0.4) is 0 Å². The molecule has 0 radical (unpaired) electrons. The molecular weight excluding hydrogens is 383 g/mol. The molecule has 0 saturated heterocycles. The van der Waals surface area contributed by atoms with E-state index in [1.165, 1.54) is 12.1 Å². The third kappa shape index (κ3) is 3.26. The van der Waals surface area contributed by atoms with E-state index in [1.54, 1.807) is 18.2 Å². The minimum Gasteiger partial charge on any atom is -0.464 e. The first-order valence-corrected chi connectivity index (χ1v) is 8.81. The molecule has 1 aromatic heterocycles. The molecule has 1 aromatic carbocycles. The largest absolute Gasteiger partial charge is 0.464 e. The Balaban J connectivity index is 2.04. The number of rotatable bonds is 4. The minimum atomic E-state index is -3.72. The van der Waals surface area contributed by atoms with Crippen molar-refractivity contribution >= 4 is 40.1 Å². The van der Waals surface area contributed by atoms with Gasteiger partial charge in [-0.25, -0.2) is 4.79 Å². The number of carbonyl (C=O) groups is 1. The van der Waals surface area contributed by atoms with Crippen molar-refractivity contribution in [3.8, 4) is 0 Å². The van der Waals surface area contributed by atoms with Crippen molar-refractivity contribution in [2.45, 2.75) is 24.8 Å². The number of halogens is 4. The van der Waals surface area contributed by atoms with Crippen LogP contribution >= 0.6 is 23.2 Å². The van der Waals surface area contributed by atoms with Crippen molar-refractivity contribution in [2.24, 2.45) is 5.92 Å². The van der Waals surface area contributed by atoms with Gasteiger partial charge < -0.3 is 9.30 Å². The average Bonchev–Trinajstić information content (AvgIpc) is 2.93. The van der Waals surface area contributed by atoms with Crippen molar-refractivity contribution in [1.29, 1.82) is 0 Å². The highest BCUT2D eigenvalue weighted by atomic mass is 35.5. The third-order valence-corrected chi connectivity index (χ3v) is 5.42. The van der Waals surface area contributed by atoms with Crippen molar-refractivity contribution < 1.29 is 18.3 Å². The number of hydrogen-bond acceptors (Lipinski definition) is 2. The summed E-state index contributed by atoms with van der Waals surface area (Å²) in [5.74, 6) is -5.47. The second kappa shape index (κ2) is 7.05. The zero-order valence-electron chi connectivity index (χ0n) is 14.2. The minimum absolute atomic E-state index is 0.164. The summed E-state index contributed by atoms with van der Waals surface area (Å²) < 4.78 is 34.6. The number of fused-ring (bicyclic) bond motifs is 1. The van der Waals surface area contributed by atoms with Gasteiger partial charge in [0.25, 0.3) is 0 Å². The lowest BCUT2D eigenvalue weighted by molar-refractivity contribution is -0.170. The molecule has 0 N–H and O–H groups in total. The summed E-state index contributed by atoms with van der Waals surface area (Å²) in [7, 11) is 0.938. The molecule has 0 aliphatic heterocycles. The maximum absolute atomic E-state index is 14.3. The summed E-state index contributed by atoms with van der Waals surface area (Å²) >= 11 is 12.6. The van der Waals surface area contributed by atoms with E-state index < -0.39 is 17.5 Å². The van der Waals surface area contributed by atoms with Crippen molar-refractivity contribution in [1.82, 2.24) is 4.57 Å². The first kappa shape index (κ1) is 18.9. The summed E-state index contributed by atoms with van der Waals surface area (Å²) in [4.78, 5) is 11.4. The number of aromatic nitrogens is 1. The fourth-order valence-corrected chi connectivity index (χ4v) is 3.77. The molecule has 1 aliphatic carbocycles. The quantitative estimate of drug-likeness (QED) is 0.526. The third-order valence-electron chi connectivity index (χ3n) is 4.57. The predicted octanol–water partition coefficient (Wildman–Crippen LogP) is 5.13. The van der Waals surface area contributed by atoms with E-state index in [0.717, 1.165) is 18.1 Å². The lowest BCUT2D eigenvalue weighted by atomic mass is 9.99. The Kier molecular flexibility index (Phi) is 5.13. The molecule has 0 amide bonds. The summed E-state index contributed by atoms with van der Waals surface area (Å²) in [5, 5.41) is 1.15. The number of ether oxygens (including phenoxy) is 1. The monoisotopic (exact) mass is 399 g/mol. The molecule has 0 bridgehead atoms. The van der Waals surface area contributed by atoms with E-state index in [-0.39, 0.29) is 11.3 Å². The Morgan fingerprint density at radius 2 is 2.12 bits per heavy atom. The molecular formula is C19H17Cl2F2NO2. The Hall–Kier alpha value is -1.85. The molecule has 3 nitrogen and oxygen atoms in total. The van der Waals surface area contributed by atoms with Crippen LogP contribution in [0.1, 0.15) is 11.1 Å². The second-order valence-corrected chi connectivity index (χ2v) is 7.19. The van der Waals surface area contributed by atoms with Crippen LogP contribution in [0.2, 0.25) is 0 Å². The molecule has 2 aromatic rings. The Morgan fingerprint density at radius 3 is 2.77 bits per heavy atom. The number of nitrogens with zero attached hydrogens (tertiary/aromatic N) is 1. The summed E-state index contributed by atoms with van der Waals surface area (Å²) in [6, 6.07) is 4.15. The van der Waals surface area contributed by atoms with E-state index in [2.05, 4.69) is 4.74 Å². The number of methoxy groups -OCH3 is 1. The van der Waals surface area contributed by atoms with E-state index in [1.807, 2.05) is 23.8 Å². The summed E-state index contributed by atoms with van der Waals surface area (Å²) in [5.41, 5.74) is 1.11. The highest BCUT2D eigenvalue weighted by molar-refractivity contribution is 6.31. The molecule has 0 fully saturated rings. The number of allylic oxidation sites excluding steroid dienone is 4. The molecule has 1 aliphatic rings. The molecule has 0 saturated carbocycles. The van der Waals surface area contributed by atoms with E-state index in [4.69, 9.17) is 23.2 Å². The topological polar surface area (TPSA) is 31.2 Å². The number of alkyl halides is 3. The molecule has 7 heteroatoms. The van der Waals surface area contributed by atoms with Gasteiger partial charge in [0, 0.05) is 40.2 Å². The molecule has 138 valence electrons. The van der Waals surface area contributed by atoms with Gasteiger partial charge in [0.05, 0.1) is 12.5 Å². The van der Waals surface area contributed by atoms with Gasteiger partial charge in [0.2, 0.25) is 0 Å². The number of aryl methyl sites for hydroxylation is 1. The van der Waals surface area contributed by atoms with Gasteiger partial charge in [-0.15, -0.1) is 11.6 Å². The number of benzene rings is 1. The van der Waals surface area contributed by atoms with Crippen molar-refractivity contribution in [3.63, 3.8) is 0 Å². The van der Waals surface area contributed by atoms with Crippen LogP contribution in [0.15, 0.2) is 47.7 Å². The number of hydrogen-bond donors (Lipinski definition) is 0. The lowest BCUT2D eigenvalue weighted by Crippen LogP contribution is -2.27. The van der Waals surface area contributed by atoms with Gasteiger partial charge in [-0.2, -0.15) is 8.78 Å². The maximum atomic E-state index is 14.3. The van der Waals surface area contributed by atoms with Crippen LogP contribution in [0.4, 0.5) is 8.78 Å². The molecule has 26 heavy (non-hydrogen) atoms. The fourth-order valence-electron chi connectivity index (χ4n) is 3.13. The van der Waals surface area contributed by atoms with E-state index in [0.29, 0.717) is 17.1 Å². The van der Waals surface area contributed by atoms with Gasteiger partial charge in [-0.1, -0.05) is 35.9 Å². The fraction of sp³-hybridized carbons (Fsp3) is 0.316. The van der Waals surface area contributed by atoms with Gasteiger partial charge in [0.1, 0.15) is 0 Å². The van der Waals surface area contributed by atoms with Gasteiger partial charge in [-0.3, -0.25) is 0 Å². The van der Waals surface area contributed by atoms with Crippen LogP contribution in [-0.4, -0.2) is 23.0 Å². The van der Waals surface area contributed by atoms with Crippen LogP contribution < -0.4 is 0 Å². The van der Waals surface area contributed by atoms with Crippen LogP contribution in [0.25, 0.3) is 10.9 Å². The smallest absolute Gasteiger partial charge is 0.381 e. The first-order chi connectivity index (χ1) is 12.3. The highest BCUT2D eigenvalue weighted by Crippen LogP contribution is 2.35. The van der Waals surface area contributed by atoms with Crippen LogP contribution in [0, 0.1) is 12.8 Å². The van der Waals surface area contributed by atoms with Gasteiger partial charge in [0.15, 0.2) is 0 Å². The van der Waals surface area contributed by atoms with E-state index in [9.17, 15) is 13.6 Å². The summed E-state index contributed by atoms with van der Waals surface area (Å²) in [6.45, 7) is 2.33. The van der Waals surface area contributed by atoms with Crippen molar-refractivity contribution in [3.05, 3.63) is 58.8 Å². The molecule has 2 unspecified atom stereocenters. The lowest BCUT2D eigenvalue weighted by Gasteiger charge is -2.23. The molecule has 1 heterocycles. The van der Waals surface area contributed by atoms with Gasteiger partial charge in [-0.05, 0) is 24.6 Å². The van der Waals surface area contributed by atoms with Crippen LogP contribution in [0.5, 0.6) is 0 Å². The van der Waals surface area contributed by atoms with E-state index >= 15 is 0 Å². The molecule has 3 rings (SSSR count).